The summed E-state index contributed by atoms with van der Waals surface area (Å²) < 4.78 is 1.57. The van der Waals surface area contributed by atoms with Gasteiger partial charge in [-0.1, -0.05) is 0 Å². The Morgan fingerprint density at radius 1 is 1.57 bits per heavy atom. The zero-order valence-electron chi connectivity index (χ0n) is 7.04. The second-order valence-corrected chi connectivity index (χ2v) is 2.78. The van der Waals surface area contributed by atoms with Crippen LogP contribution in [0.1, 0.15) is 5.56 Å². The lowest BCUT2D eigenvalue weighted by Gasteiger charge is -1.97. The summed E-state index contributed by atoms with van der Waals surface area (Å²) in [5, 5.41) is 19.3. The van der Waals surface area contributed by atoms with E-state index in [4.69, 9.17) is 5.26 Å². The molecule has 2 aromatic heterocycles. The van der Waals surface area contributed by atoms with Gasteiger partial charge in [0.15, 0.2) is 0 Å². The first-order valence-corrected chi connectivity index (χ1v) is 3.87. The maximum Gasteiger partial charge on any atom is 0.294 e. The standard InChI is InChI=1S/C9H5N3O2/c10-5-7-4-9(12(13)14)8-2-1-3-11(8)6-7/h1-4,6H. The molecule has 0 aromatic carbocycles. The van der Waals surface area contributed by atoms with Crippen molar-refractivity contribution in [1.82, 2.24) is 4.40 Å². The Morgan fingerprint density at radius 3 is 3.00 bits per heavy atom. The molecule has 0 saturated heterocycles. The molecule has 0 bridgehead atoms. The smallest absolute Gasteiger partial charge is 0.294 e. The molecule has 0 saturated carbocycles. The molecule has 5 heteroatoms. The van der Waals surface area contributed by atoms with Crippen LogP contribution in [0, 0.1) is 21.4 Å². The maximum absolute atomic E-state index is 10.7. The number of fused-ring (bicyclic) bond motifs is 1. The summed E-state index contributed by atoms with van der Waals surface area (Å²) in [6.07, 6.45) is 3.23. The van der Waals surface area contributed by atoms with Crippen LogP contribution in [0.4, 0.5) is 5.69 Å². The summed E-state index contributed by atoms with van der Waals surface area (Å²) in [6, 6.07) is 6.49. The van der Waals surface area contributed by atoms with Crippen molar-refractivity contribution in [1.29, 1.82) is 5.26 Å². The third-order valence-electron chi connectivity index (χ3n) is 1.94. The minimum absolute atomic E-state index is 0.0472. The van der Waals surface area contributed by atoms with Crippen molar-refractivity contribution in [2.24, 2.45) is 0 Å². The molecule has 0 aliphatic heterocycles. The van der Waals surface area contributed by atoms with Crippen LogP contribution in [0.5, 0.6) is 0 Å². The van der Waals surface area contributed by atoms with Gasteiger partial charge < -0.3 is 4.40 Å². The fourth-order valence-electron chi connectivity index (χ4n) is 1.34. The first-order chi connectivity index (χ1) is 6.72. The molecule has 0 unspecified atom stereocenters. The minimum atomic E-state index is -0.490. The molecule has 0 N–H and O–H groups in total. The predicted molar refractivity (Wildman–Crippen MR) is 48.8 cm³/mol. The van der Waals surface area contributed by atoms with Crippen LogP contribution in [0.3, 0.4) is 0 Å². The van der Waals surface area contributed by atoms with Gasteiger partial charge in [0.05, 0.1) is 10.5 Å². The minimum Gasteiger partial charge on any atom is -0.317 e. The Bertz CT molecular complexity index is 551. The predicted octanol–water partition coefficient (Wildman–Crippen LogP) is 1.72. The highest BCUT2D eigenvalue weighted by atomic mass is 16.6. The second-order valence-electron chi connectivity index (χ2n) is 2.78. The molecule has 68 valence electrons. The molecule has 2 aromatic rings. The van der Waals surface area contributed by atoms with E-state index in [0.717, 1.165) is 0 Å². The number of aromatic nitrogens is 1. The zero-order valence-corrected chi connectivity index (χ0v) is 7.04. The number of pyridine rings is 1. The van der Waals surface area contributed by atoms with Crippen molar-refractivity contribution >= 4 is 11.2 Å². The Kier molecular flexibility index (Phi) is 1.68. The molecule has 0 aliphatic carbocycles. The van der Waals surface area contributed by atoms with Gasteiger partial charge in [-0.05, 0) is 12.1 Å². The fourth-order valence-corrected chi connectivity index (χ4v) is 1.34. The van der Waals surface area contributed by atoms with Crippen LogP contribution in [-0.2, 0) is 0 Å². The largest absolute Gasteiger partial charge is 0.317 e. The Hall–Kier alpha value is -2.35. The number of hydrogen-bond donors (Lipinski definition) is 0. The number of hydrogen-bond acceptors (Lipinski definition) is 3. The van der Waals surface area contributed by atoms with Crippen LogP contribution in [-0.4, -0.2) is 9.32 Å². The van der Waals surface area contributed by atoms with Gasteiger partial charge in [0.1, 0.15) is 11.6 Å². The molecular weight excluding hydrogens is 182 g/mol. The average molecular weight is 187 g/mol. The van der Waals surface area contributed by atoms with E-state index in [1.165, 1.54) is 6.07 Å². The summed E-state index contributed by atoms with van der Waals surface area (Å²) in [5.41, 5.74) is 0.725. The third-order valence-corrected chi connectivity index (χ3v) is 1.94. The van der Waals surface area contributed by atoms with Gasteiger partial charge in [-0.15, -0.1) is 0 Å². The summed E-state index contributed by atoms with van der Waals surface area (Å²) in [6.45, 7) is 0. The van der Waals surface area contributed by atoms with E-state index in [9.17, 15) is 10.1 Å². The quantitative estimate of drug-likeness (QED) is 0.504. The van der Waals surface area contributed by atoms with Crippen molar-refractivity contribution in [2.75, 3.05) is 0 Å². The van der Waals surface area contributed by atoms with Crippen LogP contribution in [0.25, 0.3) is 5.52 Å². The lowest BCUT2D eigenvalue weighted by molar-refractivity contribution is -0.383. The SMILES string of the molecule is N#Cc1cc([N+](=O)[O-])c2cccn2c1. The molecule has 0 atom stereocenters. The van der Waals surface area contributed by atoms with Crippen LogP contribution in [0.15, 0.2) is 30.6 Å². The van der Waals surface area contributed by atoms with E-state index in [2.05, 4.69) is 0 Å². The van der Waals surface area contributed by atoms with Crippen LogP contribution >= 0.6 is 0 Å². The van der Waals surface area contributed by atoms with Crippen LogP contribution in [0.2, 0.25) is 0 Å². The summed E-state index contributed by atoms with van der Waals surface area (Å²) in [5.74, 6) is 0. The molecule has 0 spiro atoms. The molecule has 0 radical (unpaired) electrons. The van der Waals surface area contributed by atoms with Gasteiger partial charge in [0.2, 0.25) is 0 Å². The monoisotopic (exact) mass is 187 g/mol. The van der Waals surface area contributed by atoms with Gasteiger partial charge >= 0.3 is 0 Å². The number of nitriles is 1. The fraction of sp³-hybridized carbons (Fsp3) is 0. The molecule has 14 heavy (non-hydrogen) atoms. The zero-order chi connectivity index (χ0) is 10.1. The highest BCUT2D eigenvalue weighted by Gasteiger charge is 2.13. The molecule has 2 rings (SSSR count). The number of nitro groups is 1. The van der Waals surface area contributed by atoms with Crippen molar-refractivity contribution in [3.63, 3.8) is 0 Å². The van der Waals surface area contributed by atoms with Gasteiger partial charge in [-0.25, -0.2) is 0 Å². The van der Waals surface area contributed by atoms with Crippen molar-refractivity contribution in [3.8, 4) is 6.07 Å². The highest BCUT2D eigenvalue weighted by Crippen LogP contribution is 2.21. The topological polar surface area (TPSA) is 71.3 Å². The maximum atomic E-state index is 10.7. The molecule has 0 aliphatic rings. The first-order valence-electron chi connectivity index (χ1n) is 3.87. The van der Waals surface area contributed by atoms with Crippen LogP contribution < -0.4 is 0 Å². The molecule has 0 amide bonds. The lowest BCUT2D eigenvalue weighted by Crippen LogP contribution is -1.94. The molecule has 2 heterocycles. The Morgan fingerprint density at radius 2 is 2.36 bits per heavy atom. The third kappa shape index (κ3) is 1.10. The summed E-state index contributed by atoms with van der Waals surface area (Å²) in [7, 11) is 0. The van der Waals surface area contributed by atoms with Gasteiger partial charge in [-0.3, -0.25) is 10.1 Å². The van der Waals surface area contributed by atoms with E-state index in [-0.39, 0.29) is 11.3 Å². The van der Waals surface area contributed by atoms with Crippen molar-refractivity contribution in [3.05, 3.63) is 46.3 Å². The van der Waals surface area contributed by atoms with E-state index in [0.29, 0.717) is 5.52 Å². The van der Waals surface area contributed by atoms with E-state index >= 15 is 0 Å². The number of rotatable bonds is 1. The average Bonchev–Trinajstić information content (AvgIpc) is 2.63. The highest BCUT2D eigenvalue weighted by molar-refractivity contribution is 5.67. The number of nitrogens with zero attached hydrogens (tertiary/aromatic N) is 3. The molecule has 0 fully saturated rings. The molecular formula is C9H5N3O2. The second kappa shape index (κ2) is 2.85. The van der Waals surface area contributed by atoms with Crippen molar-refractivity contribution < 1.29 is 4.92 Å². The molecule has 5 nitrogen and oxygen atoms in total. The lowest BCUT2D eigenvalue weighted by atomic mass is 10.2. The first kappa shape index (κ1) is 8.26. The van der Waals surface area contributed by atoms with Gasteiger partial charge in [-0.2, -0.15) is 5.26 Å². The van der Waals surface area contributed by atoms with E-state index in [1.807, 2.05) is 6.07 Å². The van der Waals surface area contributed by atoms with E-state index in [1.54, 1.807) is 28.9 Å². The summed E-state index contributed by atoms with van der Waals surface area (Å²) in [4.78, 5) is 10.2. The van der Waals surface area contributed by atoms with Gasteiger partial charge in [0.25, 0.3) is 5.69 Å². The van der Waals surface area contributed by atoms with Crippen molar-refractivity contribution in [2.45, 2.75) is 0 Å². The Labute approximate surface area is 79.0 Å². The Balaban J connectivity index is 2.85. The van der Waals surface area contributed by atoms with Gasteiger partial charge in [0, 0.05) is 18.5 Å². The normalized spacial score (nSPS) is 9.93. The van der Waals surface area contributed by atoms with E-state index < -0.39 is 4.92 Å². The summed E-state index contributed by atoms with van der Waals surface area (Å²) >= 11 is 0.